The highest BCUT2D eigenvalue weighted by Crippen LogP contribution is 2.73. The highest BCUT2D eigenvalue weighted by molar-refractivity contribution is 14.1. The molecule has 64 valence electrons. The third-order valence-corrected chi connectivity index (χ3v) is 4.28. The molecule has 0 atom stereocenters. The molecule has 0 unspecified atom stereocenters. The monoisotopic (exact) mass is 266 g/mol. The Labute approximate surface area is 82.0 Å². The van der Waals surface area contributed by atoms with E-state index >= 15 is 0 Å². The van der Waals surface area contributed by atoms with E-state index in [1.54, 1.807) is 7.11 Å². The fourth-order valence-corrected chi connectivity index (χ4v) is 5.14. The van der Waals surface area contributed by atoms with Crippen molar-refractivity contribution in [1.82, 2.24) is 0 Å². The number of hydrogen-bond acceptors (Lipinski definition) is 1. The lowest BCUT2D eigenvalue weighted by Crippen LogP contribution is -2.62. The summed E-state index contributed by atoms with van der Waals surface area (Å²) in [5.41, 5.74) is 0.791. The van der Waals surface area contributed by atoms with Crippen molar-refractivity contribution in [1.29, 1.82) is 0 Å². The smallest absolute Gasteiger partial charge is 0.0462 e. The maximum absolute atomic E-state index is 5.05. The molecule has 0 heterocycles. The van der Waals surface area contributed by atoms with Crippen molar-refractivity contribution in [2.75, 3.05) is 13.7 Å². The molecule has 0 aromatic rings. The fourth-order valence-electron chi connectivity index (χ4n) is 2.72. The van der Waals surface area contributed by atoms with Gasteiger partial charge < -0.3 is 4.74 Å². The van der Waals surface area contributed by atoms with Gasteiger partial charge in [-0.1, -0.05) is 22.6 Å². The van der Waals surface area contributed by atoms with Gasteiger partial charge in [-0.05, 0) is 37.5 Å². The normalized spacial score (nSPS) is 46.4. The maximum atomic E-state index is 5.05. The molecule has 0 amide bonds. The summed E-state index contributed by atoms with van der Waals surface area (Å²) in [6, 6.07) is 0. The van der Waals surface area contributed by atoms with Gasteiger partial charge in [0.2, 0.25) is 0 Å². The lowest BCUT2D eigenvalue weighted by Gasteiger charge is -2.68. The molecule has 0 aromatic carbocycles. The first-order chi connectivity index (χ1) is 5.18. The molecule has 0 radical (unpaired) electrons. The van der Waals surface area contributed by atoms with Gasteiger partial charge in [0, 0.05) is 17.1 Å². The Morgan fingerprint density at radius 1 is 1.36 bits per heavy atom. The minimum absolute atomic E-state index is 0.755. The van der Waals surface area contributed by atoms with Crippen LogP contribution in [0.4, 0.5) is 0 Å². The average Bonchev–Trinajstić information content (AvgIpc) is 1.82. The SMILES string of the molecule is COCCCC12CC(I)(C1)C2. The number of ether oxygens (including phenoxy) is 1. The van der Waals surface area contributed by atoms with Crippen molar-refractivity contribution >= 4 is 22.6 Å². The minimum atomic E-state index is 0.755. The van der Waals surface area contributed by atoms with Crippen LogP contribution in [0.3, 0.4) is 0 Å². The van der Waals surface area contributed by atoms with E-state index in [9.17, 15) is 0 Å². The Kier molecular flexibility index (Phi) is 1.95. The van der Waals surface area contributed by atoms with Crippen LogP contribution < -0.4 is 0 Å². The predicted molar refractivity (Wildman–Crippen MR) is 54.1 cm³/mol. The number of alkyl halides is 1. The summed E-state index contributed by atoms with van der Waals surface area (Å²) < 4.78 is 5.80. The Bertz CT molecular complexity index is 147. The van der Waals surface area contributed by atoms with E-state index in [1.165, 1.54) is 32.1 Å². The van der Waals surface area contributed by atoms with E-state index in [0.717, 1.165) is 15.4 Å². The highest BCUT2D eigenvalue weighted by atomic mass is 127. The van der Waals surface area contributed by atoms with Crippen LogP contribution in [0.5, 0.6) is 0 Å². The minimum Gasteiger partial charge on any atom is -0.385 e. The zero-order valence-corrected chi connectivity index (χ0v) is 9.19. The van der Waals surface area contributed by atoms with E-state index in [-0.39, 0.29) is 0 Å². The first kappa shape index (κ1) is 8.30. The Hall–Kier alpha value is 0.690. The molecule has 1 nitrogen and oxygen atoms in total. The highest BCUT2D eigenvalue weighted by Gasteiger charge is 2.65. The van der Waals surface area contributed by atoms with Crippen LogP contribution in [0.25, 0.3) is 0 Å². The molecule has 3 aliphatic carbocycles. The van der Waals surface area contributed by atoms with Crippen LogP contribution >= 0.6 is 22.6 Å². The van der Waals surface area contributed by atoms with Crippen LogP contribution in [-0.2, 0) is 4.74 Å². The first-order valence-electron chi connectivity index (χ1n) is 4.36. The number of hydrogen-bond donors (Lipinski definition) is 0. The summed E-state index contributed by atoms with van der Waals surface area (Å²) in [6.45, 7) is 0.954. The summed E-state index contributed by atoms with van der Waals surface area (Å²) in [5, 5.41) is 0. The van der Waals surface area contributed by atoms with E-state index in [4.69, 9.17) is 4.74 Å². The van der Waals surface area contributed by atoms with Gasteiger partial charge >= 0.3 is 0 Å². The van der Waals surface area contributed by atoms with Gasteiger partial charge in [-0.15, -0.1) is 0 Å². The molecule has 0 N–H and O–H groups in total. The lowest BCUT2D eigenvalue weighted by molar-refractivity contribution is -0.0738. The zero-order valence-electron chi connectivity index (χ0n) is 7.03. The molecule has 3 aliphatic rings. The van der Waals surface area contributed by atoms with E-state index in [2.05, 4.69) is 22.6 Å². The molecular weight excluding hydrogens is 251 g/mol. The topological polar surface area (TPSA) is 9.23 Å². The lowest BCUT2D eigenvalue weighted by atomic mass is 9.43. The van der Waals surface area contributed by atoms with Gasteiger partial charge in [0.05, 0.1) is 0 Å². The molecule has 2 bridgehead atoms. The van der Waals surface area contributed by atoms with E-state index in [0.29, 0.717) is 0 Å². The second kappa shape index (κ2) is 2.59. The Morgan fingerprint density at radius 3 is 2.45 bits per heavy atom. The van der Waals surface area contributed by atoms with Gasteiger partial charge in [0.25, 0.3) is 0 Å². The summed E-state index contributed by atoms with van der Waals surface area (Å²) in [5.74, 6) is 0. The zero-order chi connectivity index (χ0) is 7.95. The molecule has 0 saturated heterocycles. The molecule has 3 rings (SSSR count). The molecule has 3 fully saturated rings. The van der Waals surface area contributed by atoms with Crippen molar-refractivity contribution in [2.45, 2.75) is 35.5 Å². The number of methoxy groups -OCH3 is 1. The van der Waals surface area contributed by atoms with Crippen LogP contribution in [-0.4, -0.2) is 17.1 Å². The van der Waals surface area contributed by atoms with Gasteiger partial charge in [-0.25, -0.2) is 0 Å². The van der Waals surface area contributed by atoms with Crippen molar-refractivity contribution < 1.29 is 4.74 Å². The van der Waals surface area contributed by atoms with Crippen molar-refractivity contribution in [2.24, 2.45) is 5.41 Å². The maximum Gasteiger partial charge on any atom is 0.0462 e. The van der Waals surface area contributed by atoms with Crippen LogP contribution in [0, 0.1) is 5.41 Å². The largest absolute Gasteiger partial charge is 0.385 e. The third-order valence-electron chi connectivity index (χ3n) is 3.13. The Morgan fingerprint density at radius 2 is 2.00 bits per heavy atom. The molecule has 11 heavy (non-hydrogen) atoms. The molecule has 0 spiro atoms. The van der Waals surface area contributed by atoms with Crippen LogP contribution in [0.15, 0.2) is 0 Å². The number of halogens is 1. The van der Waals surface area contributed by atoms with Gasteiger partial charge in [-0.3, -0.25) is 0 Å². The summed E-state index contributed by atoms with van der Waals surface area (Å²) in [4.78, 5) is 0. The van der Waals surface area contributed by atoms with Crippen LogP contribution in [0.1, 0.15) is 32.1 Å². The van der Waals surface area contributed by atoms with Crippen molar-refractivity contribution in [3.63, 3.8) is 0 Å². The molecule has 2 heteroatoms. The Balaban J connectivity index is 1.66. The summed E-state index contributed by atoms with van der Waals surface area (Å²) in [6.07, 6.45) is 7.15. The van der Waals surface area contributed by atoms with E-state index < -0.39 is 0 Å². The second-order valence-corrected chi connectivity index (χ2v) is 6.57. The molecular formula is C9H15IO. The predicted octanol–water partition coefficient (Wildman–Crippen LogP) is 2.77. The first-order valence-corrected chi connectivity index (χ1v) is 5.44. The van der Waals surface area contributed by atoms with Crippen molar-refractivity contribution in [3.05, 3.63) is 0 Å². The third kappa shape index (κ3) is 1.32. The standard InChI is InChI=1S/C9H15IO/c1-11-4-2-3-8-5-9(10,6-8)7-8/h2-7H2,1H3. The molecule has 0 aromatic heterocycles. The average molecular weight is 266 g/mol. The van der Waals surface area contributed by atoms with Gasteiger partial charge in [0.1, 0.15) is 0 Å². The second-order valence-electron chi connectivity index (χ2n) is 4.28. The molecule has 3 saturated carbocycles. The fraction of sp³-hybridized carbons (Fsp3) is 1.00. The molecule has 0 aliphatic heterocycles. The quantitative estimate of drug-likeness (QED) is 0.432. The van der Waals surface area contributed by atoms with Gasteiger partial charge in [0.15, 0.2) is 0 Å². The van der Waals surface area contributed by atoms with Crippen LogP contribution in [0.2, 0.25) is 0 Å². The number of rotatable bonds is 4. The summed E-state index contributed by atoms with van der Waals surface area (Å²) in [7, 11) is 1.79. The van der Waals surface area contributed by atoms with Crippen molar-refractivity contribution in [3.8, 4) is 0 Å². The van der Waals surface area contributed by atoms with Gasteiger partial charge in [-0.2, -0.15) is 0 Å². The summed E-state index contributed by atoms with van der Waals surface area (Å²) >= 11 is 2.63. The van der Waals surface area contributed by atoms with E-state index in [1.807, 2.05) is 0 Å².